The number of hydrogen-bond acceptors (Lipinski definition) is 3. The molecule has 2 aromatic carbocycles. The van der Waals surface area contributed by atoms with Gasteiger partial charge in [0.05, 0.1) is 6.54 Å². The zero-order valence-electron chi connectivity index (χ0n) is 11.4. The van der Waals surface area contributed by atoms with Crippen LogP contribution in [-0.4, -0.2) is 12.8 Å². The first-order chi connectivity index (χ1) is 9.83. The average Bonchev–Trinajstić information content (AvgIpc) is 2.51. The Hall–Kier alpha value is -1.89. The standard InChI is InChI=1S/C17H17NOS/c1-20-17-10-3-2-9-16(17)19-13-15-7-4-6-14(12-15)8-5-11-18/h2-4,6-7,9-10,12H,11,13,18H2,1H3. The first-order valence-electron chi connectivity index (χ1n) is 6.37. The van der Waals surface area contributed by atoms with Crippen LogP contribution in [0.25, 0.3) is 0 Å². The smallest absolute Gasteiger partial charge is 0.133 e. The van der Waals surface area contributed by atoms with E-state index >= 15 is 0 Å². The van der Waals surface area contributed by atoms with Crippen molar-refractivity contribution in [1.29, 1.82) is 0 Å². The van der Waals surface area contributed by atoms with E-state index in [-0.39, 0.29) is 0 Å². The highest BCUT2D eigenvalue weighted by Crippen LogP contribution is 2.27. The quantitative estimate of drug-likeness (QED) is 0.691. The van der Waals surface area contributed by atoms with Gasteiger partial charge in [0.2, 0.25) is 0 Å². The van der Waals surface area contributed by atoms with Crippen LogP contribution in [0.5, 0.6) is 5.75 Å². The van der Waals surface area contributed by atoms with Crippen molar-refractivity contribution in [2.24, 2.45) is 5.73 Å². The van der Waals surface area contributed by atoms with Crippen LogP contribution in [-0.2, 0) is 6.61 Å². The van der Waals surface area contributed by atoms with Gasteiger partial charge in [-0.1, -0.05) is 36.1 Å². The summed E-state index contributed by atoms with van der Waals surface area (Å²) in [5.74, 6) is 6.80. The van der Waals surface area contributed by atoms with E-state index in [9.17, 15) is 0 Å². The highest BCUT2D eigenvalue weighted by Gasteiger charge is 2.02. The molecule has 2 rings (SSSR count). The lowest BCUT2D eigenvalue weighted by Gasteiger charge is -2.10. The van der Waals surface area contributed by atoms with Crippen LogP contribution in [0.3, 0.4) is 0 Å². The molecule has 0 aliphatic carbocycles. The van der Waals surface area contributed by atoms with Gasteiger partial charge in [0.1, 0.15) is 12.4 Å². The van der Waals surface area contributed by atoms with E-state index in [0.717, 1.165) is 21.8 Å². The minimum atomic E-state index is 0.377. The molecule has 2 N–H and O–H groups in total. The molecule has 0 aliphatic rings. The maximum Gasteiger partial charge on any atom is 0.133 e. The lowest BCUT2D eigenvalue weighted by molar-refractivity contribution is 0.299. The Morgan fingerprint density at radius 2 is 2.00 bits per heavy atom. The van der Waals surface area contributed by atoms with Crippen molar-refractivity contribution in [3.63, 3.8) is 0 Å². The molecule has 0 bridgehead atoms. The zero-order valence-corrected chi connectivity index (χ0v) is 12.2. The first kappa shape index (κ1) is 14.5. The van der Waals surface area contributed by atoms with Gasteiger partial charge >= 0.3 is 0 Å². The minimum absolute atomic E-state index is 0.377. The van der Waals surface area contributed by atoms with Crippen molar-refractivity contribution >= 4 is 11.8 Å². The summed E-state index contributed by atoms with van der Waals surface area (Å²) in [7, 11) is 0. The van der Waals surface area contributed by atoms with Gasteiger partial charge in [-0.05, 0) is 36.1 Å². The van der Waals surface area contributed by atoms with Crippen molar-refractivity contribution in [2.75, 3.05) is 12.8 Å². The van der Waals surface area contributed by atoms with Crippen LogP contribution in [0.1, 0.15) is 11.1 Å². The van der Waals surface area contributed by atoms with Crippen molar-refractivity contribution in [2.45, 2.75) is 11.5 Å². The summed E-state index contributed by atoms with van der Waals surface area (Å²) in [6.45, 7) is 0.914. The number of benzene rings is 2. The van der Waals surface area contributed by atoms with E-state index in [4.69, 9.17) is 10.5 Å². The average molecular weight is 283 g/mol. The van der Waals surface area contributed by atoms with E-state index in [1.54, 1.807) is 11.8 Å². The maximum atomic E-state index is 5.88. The molecule has 2 aromatic rings. The highest BCUT2D eigenvalue weighted by molar-refractivity contribution is 7.98. The topological polar surface area (TPSA) is 35.2 Å². The molecular formula is C17H17NOS. The number of hydrogen-bond donors (Lipinski definition) is 1. The largest absolute Gasteiger partial charge is 0.488 e. The molecule has 0 aromatic heterocycles. The van der Waals surface area contributed by atoms with Crippen LogP contribution >= 0.6 is 11.8 Å². The van der Waals surface area contributed by atoms with E-state index < -0.39 is 0 Å². The Kier molecular flexibility index (Phi) is 5.55. The number of para-hydroxylation sites is 1. The lowest BCUT2D eigenvalue weighted by Crippen LogP contribution is -1.97. The summed E-state index contributed by atoms with van der Waals surface area (Å²) >= 11 is 1.68. The minimum Gasteiger partial charge on any atom is -0.488 e. The summed E-state index contributed by atoms with van der Waals surface area (Å²) in [5.41, 5.74) is 7.45. The predicted molar refractivity (Wildman–Crippen MR) is 84.9 cm³/mol. The summed E-state index contributed by atoms with van der Waals surface area (Å²) in [6.07, 6.45) is 2.05. The number of ether oxygens (including phenoxy) is 1. The van der Waals surface area contributed by atoms with Crippen molar-refractivity contribution in [1.82, 2.24) is 0 Å². The van der Waals surface area contributed by atoms with E-state index in [2.05, 4.69) is 17.9 Å². The monoisotopic (exact) mass is 283 g/mol. The number of thioether (sulfide) groups is 1. The first-order valence-corrected chi connectivity index (χ1v) is 7.59. The summed E-state index contributed by atoms with van der Waals surface area (Å²) < 4.78 is 5.88. The molecule has 0 radical (unpaired) electrons. The maximum absolute atomic E-state index is 5.88. The fourth-order valence-electron chi connectivity index (χ4n) is 1.79. The second-order valence-electron chi connectivity index (χ2n) is 4.15. The van der Waals surface area contributed by atoms with Gasteiger partial charge in [-0.3, -0.25) is 0 Å². The van der Waals surface area contributed by atoms with Gasteiger partial charge in [0.15, 0.2) is 0 Å². The summed E-state index contributed by atoms with van der Waals surface area (Å²) in [6, 6.07) is 16.1. The summed E-state index contributed by atoms with van der Waals surface area (Å²) in [4.78, 5) is 1.14. The van der Waals surface area contributed by atoms with Crippen molar-refractivity contribution in [3.8, 4) is 17.6 Å². The second-order valence-corrected chi connectivity index (χ2v) is 4.99. The van der Waals surface area contributed by atoms with Gasteiger partial charge in [-0.2, -0.15) is 0 Å². The fourth-order valence-corrected chi connectivity index (χ4v) is 2.33. The molecule has 0 unspecified atom stereocenters. The van der Waals surface area contributed by atoms with Crippen molar-refractivity contribution in [3.05, 3.63) is 59.7 Å². The van der Waals surface area contributed by atoms with Crippen LogP contribution in [0.4, 0.5) is 0 Å². The van der Waals surface area contributed by atoms with Crippen LogP contribution in [0.15, 0.2) is 53.4 Å². The fraction of sp³-hybridized carbons (Fsp3) is 0.176. The normalized spacial score (nSPS) is 9.70. The van der Waals surface area contributed by atoms with Gasteiger partial charge < -0.3 is 10.5 Å². The van der Waals surface area contributed by atoms with E-state index in [0.29, 0.717) is 13.2 Å². The molecule has 102 valence electrons. The van der Waals surface area contributed by atoms with Crippen LogP contribution < -0.4 is 10.5 Å². The third kappa shape index (κ3) is 4.06. The second kappa shape index (κ2) is 7.64. The Bertz CT molecular complexity index is 628. The Labute approximate surface area is 124 Å². The van der Waals surface area contributed by atoms with Crippen LogP contribution in [0, 0.1) is 11.8 Å². The highest BCUT2D eigenvalue weighted by atomic mass is 32.2. The molecule has 0 saturated heterocycles. The molecular weight excluding hydrogens is 266 g/mol. The van der Waals surface area contributed by atoms with Gasteiger partial charge in [0, 0.05) is 10.5 Å². The molecule has 0 spiro atoms. The van der Waals surface area contributed by atoms with E-state index in [1.807, 2.05) is 48.7 Å². The third-order valence-electron chi connectivity index (χ3n) is 2.73. The van der Waals surface area contributed by atoms with Gasteiger partial charge in [0.25, 0.3) is 0 Å². The lowest BCUT2D eigenvalue weighted by atomic mass is 10.1. The molecule has 0 aliphatic heterocycles. The Morgan fingerprint density at radius 3 is 2.80 bits per heavy atom. The molecule has 3 heteroatoms. The van der Waals surface area contributed by atoms with Crippen LogP contribution in [0.2, 0.25) is 0 Å². The molecule has 0 fully saturated rings. The van der Waals surface area contributed by atoms with Gasteiger partial charge in [-0.15, -0.1) is 11.8 Å². The molecule has 20 heavy (non-hydrogen) atoms. The van der Waals surface area contributed by atoms with Gasteiger partial charge in [-0.25, -0.2) is 0 Å². The van der Waals surface area contributed by atoms with E-state index in [1.165, 1.54) is 0 Å². The Morgan fingerprint density at radius 1 is 1.15 bits per heavy atom. The van der Waals surface area contributed by atoms with Crippen molar-refractivity contribution < 1.29 is 4.74 Å². The number of rotatable bonds is 4. The molecule has 0 atom stereocenters. The Balaban J connectivity index is 2.07. The SMILES string of the molecule is CSc1ccccc1OCc1cccc(C#CCN)c1. The molecule has 0 amide bonds. The zero-order chi connectivity index (χ0) is 14.2. The molecule has 2 nitrogen and oxygen atoms in total. The third-order valence-corrected chi connectivity index (χ3v) is 3.50. The molecule has 0 saturated carbocycles. The predicted octanol–water partition coefficient (Wildman–Crippen LogP) is 3.30. The molecule has 0 heterocycles. The number of nitrogens with two attached hydrogens (primary N) is 1. The summed E-state index contributed by atoms with van der Waals surface area (Å²) in [5, 5.41) is 0.